The van der Waals surface area contributed by atoms with Crippen molar-refractivity contribution in [2.24, 2.45) is 5.92 Å². The molecule has 2 aromatic heterocycles. The molecular weight excluding hydrogens is 236 g/mol. The van der Waals surface area contributed by atoms with Crippen molar-refractivity contribution >= 4 is 5.65 Å². The Kier molecular flexibility index (Phi) is 3.51. The van der Waals surface area contributed by atoms with Gasteiger partial charge in [0.05, 0.1) is 5.69 Å². The summed E-state index contributed by atoms with van der Waals surface area (Å²) in [7, 11) is 0. The first-order valence-electron chi connectivity index (χ1n) is 7.25. The lowest BCUT2D eigenvalue weighted by molar-refractivity contribution is 0.306. The zero-order chi connectivity index (χ0) is 13.2. The van der Waals surface area contributed by atoms with Crippen LogP contribution in [-0.2, 0) is 6.54 Å². The summed E-state index contributed by atoms with van der Waals surface area (Å²) < 4.78 is 1.87. The summed E-state index contributed by atoms with van der Waals surface area (Å²) >= 11 is 0. The van der Waals surface area contributed by atoms with E-state index in [0.717, 1.165) is 23.8 Å². The average molecular weight is 258 g/mol. The number of aromatic nitrogens is 3. The van der Waals surface area contributed by atoms with E-state index in [1.807, 2.05) is 23.7 Å². The van der Waals surface area contributed by atoms with E-state index in [4.69, 9.17) is 0 Å². The van der Waals surface area contributed by atoms with Crippen LogP contribution in [0.25, 0.3) is 5.65 Å². The van der Waals surface area contributed by atoms with Gasteiger partial charge in [0, 0.05) is 36.6 Å². The van der Waals surface area contributed by atoms with Gasteiger partial charge in [-0.3, -0.25) is 0 Å². The molecule has 2 aromatic rings. The first-order valence-corrected chi connectivity index (χ1v) is 7.25. The van der Waals surface area contributed by atoms with Crippen LogP contribution >= 0.6 is 0 Å². The van der Waals surface area contributed by atoms with E-state index in [1.54, 1.807) is 0 Å². The van der Waals surface area contributed by atoms with E-state index in [1.165, 1.54) is 31.2 Å². The highest BCUT2D eigenvalue weighted by molar-refractivity contribution is 5.38. The molecule has 19 heavy (non-hydrogen) atoms. The summed E-state index contributed by atoms with van der Waals surface area (Å²) in [6.07, 6.45) is 9.35. The molecule has 0 aromatic carbocycles. The number of hydrogen-bond donors (Lipinski definition) is 1. The van der Waals surface area contributed by atoms with Crippen LogP contribution in [0.3, 0.4) is 0 Å². The van der Waals surface area contributed by atoms with Gasteiger partial charge in [0.25, 0.3) is 0 Å². The summed E-state index contributed by atoms with van der Waals surface area (Å²) in [6.45, 7) is 5.24. The second kappa shape index (κ2) is 5.29. The molecule has 1 aliphatic carbocycles. The van der Waals surface area contributed by atoms with Gasteiger partial charge in [-0.05, 0) is 38.5 Å². The fourth-order valence-corrected chi connectivity index (χ4v) is 2.85. The van der Waals surface area contributed by atoms with E-state index < -0.39 is 0 Å². The maximum atomic E-state index is 4.44. The largest absolute Gasteiger partial charge is 0.310 e. The number of nitrogens with zero attached hydrogens (tertiary/aromatic N) is 3. The Balaban J connectivity index is 1.61. The van der Waals surface area contributed by atoms with Gasteiger partial charge in [-0.15, -0.1) is 0 Å². The molecule has 0 radical (unpaired) electrons. The first kappa shape index (κ1) is 12.6. The topological polar surface area (TPSA) is 42.2 Å². The molecule has 4 heteroatoms. The molecule has 1 saturated carbocycles. The minimum Gasteiger partial charge on any atom is -0.310 e. The van der Waals surface area contributed by atoms with Crippen molar-refractivity contribution in [2.75, 3.05) is 0 Å². The van der Waals surface area contributed by atoms with Crippen LogP contribution in [0.2, 0.25) is 0 Å². The minimum absolute atomic E-state index is 0.672. The highest BCUT2D eigenvalue weighted by Gasteiger charge is 2.17. The van der Waals surface area contributed by atoms with Crippen LogP contribution in [0.1, 0.15) is 43.9 Å². The van der Waals surface area contributed by atoms with Gasteiger partial charge >= 0.3 is 0 Å². The van der Waals surface area contributed by atoms with E-state index in [0.29, 0.717) is 6.04 Å². The van der Waals surface area contributed by atoms with Crippen molar-refractivity contribution in [2.45, 2.75) is 52.1 Å². The van der Waals surface area contributed by atoms with Crippen LogP contribution in [0.4, 0.5) is 0 Å². The Bertz CT molecular complexity index is 552. The number of fused-ring (bicyclic) bond motifs is 1. The molecule has 0 saturated heterocycles. The fourth-order valence-electron chi connectivity index (χ4n) is 2.85. The molecule has 0 spiro atoms. The quantitative estimate of drug-likeness (QED) is 0.920. The lowest BCUT2D eigenvalue weighted by atomic mass is 9.87. The monoisotopic (exact) mass is 258 g/mol. The third-order valence-electron chi connectivity index (χ3n) is 4.10. The van der Waals surface area contributed by atoms with Gasteiger partial charge in [-0.25, -0.2) is 9.50 Å². The number of hydrogen-bond acceptors (Lipinski definition) is 3. The Morgan fingerprint density at radius 2 is 2.11 bits per heavy atom. The predicted molar refractivity (Wildman–Crippen MR) is 76.0 cm³/mol. The minimum atomic E-state index is 0.672. The highest BCUT2D eigenvalue weighted by atomic mass is 15.2. The van der Waals surface area contributed by atoms with Crippen molar-refractivity contribution in [1.29, 1.82) is 0 Å². The Morgan fingerprint density at radius 1 is 1.32 bits per heavy atom. The number of rotatable bonds is 3. The van der Waals surface area contributed by atoms with Gasteiger partial charge < -0.3 is 5.32 Å². The van der Waals surface area contributed by atoms with Gasteiger partial charge in [0.2, 0.25) is 0 Å². The maximum Gasteiger partial charge on any atom is 0.155 e. The fraction of sp³-hybridized carbons (Fsp3) is 0.600. The van der Waals surface area contributed by atoms with E-state index in [9.17, 15) is 0 Å². The van der Waals surface area contributed by atoms with Crippen LogP contribution < -0.4 is 5.32 Å². The second-order valence-corrected chi connectivity index (χ2v) is 5.89. The predicted octanol–water partition coefficient (Wildman–Crippen LogP) is 2.71. The summed E-state index contributed by atoms with van der Waals surface area (Å²) in [5.74, 6) is 0.906. The van der Waals surface area contributed by atoms with E-state index in [-0.39, 0.29) is 0 Å². The third kappa shape index (κ3) is 2.95. The summed E-state index contributed by atoms with van der Waals surface area (Å²) in [5, 5.41) is 8.05. The van der Waals surface area contributed by atoms with Crippen LogP contribution in [-0.4, -0.2) is 20.6 Å². The number of aryl methyl sites for hydroxylation is 1. The zero-order valence-corrected chi connectivity index (χ0v) is 11.8. The van der Waals surface area contributed by atoms with Crippen molar-refractivity contribution < 1.29 is 0 Å². The summed E-state index contributed by atoms with van der Waals surface area (Å²) in [5.41, 5.74) is 3.14. The Labute approximate surface area is 114 Å². The van der Waals surface area contributed by atoms with E-state index >= 15 is 0 Å². The van der Waals surface area contributed by atoms with Gasteiger partial charge in [-0.2, -0.15) is 5.10 Å². The summed E-state index contributed by atoms with van der Waals surface area (Å²) in [4.78, 5) is 4.44. The highest BCUT2D eigenvalue weighted by Crippen LogP contribution is 2.23. The standard InChI is InChI=1S/C15H22N4/c1-11-3-5-14(6-4-11)16-8-13-9-17-15-7-12(2)18-19(15)10-13/h7,9-11,14,16H,3-6,8H2,1-2H3. The average Bonchev–Trinajstić information content (AvgIpc) is 2.77. The molecule has 0 atom stereocenters. The molecule has 0 bridgehead atoms. The first-order chi connectivity index (χ1) is 9.20. The summed E-state index contributed by atoms with van der Waals surface area (Å²) in [6, 6.07) is 2.67. The van der Waals surface area contributed by atoms with Crippen molar-refractivity contribution in [3.8, 4) is 0 Å². The Hall–Kier alpha value is -1.42. The molecular formula is C15H22N4. The van der Waals surface area contributed by atoms with Crippen LogP contribution in [0, 0.1) is 12.8 Å². The molecule has 102 valence electrons. The molecule has 1 aliphatic rings. The number of nitrogens with one attached hydrogen (secondary N) is 1. The second-order valence-electron chi connectivity index (χ2n) is 5.89. The molecule has 3 rings (SSSR count). The molecule has 0 amide bonds. The molecule has 0 unspecified atom stereocenters. The smallest absolute Gasteiger partial charge is 0.155 e. The van der Waals surface area contributed by atoms with Gasteiger partial charge in [0.15, 0.2) is 5.65 Å². The van der Waals surface area contributed by atoms with E-state index in [2.05, 4.69) is 28.5 Å². The van der Waals surface area contributed by atoms with Crippen molar-refractivity contribution in [1.82, 2.24) is 19.9 Å². The maximum absolute atomic E-state index is 4.44. The SMILES string of the molecule is Cc1cc2ncc(CNC3CCC(C)CC3)cn2n1. The third-order valence-corrected chi connectivity index (χ3v) is 4.10. The van der Waals surface area contributed by atoms with Gasteiger partial charge in [0.1, 0.15) is 0 Å². The Morgan fingerprint density at radius 3 is 2.89 bits per heavy atom. The normalized spacial score (nSPS) is 23.9. The van der Waals surface area contributed by atoms with Crippen molar-refractivity contribution in [3.05, 3.63) is 29.7 Å². The zero-order valence-electron chi connectivity index (χ0n) is 11.8. The lowest BCUT2D eigenvalue weighted by Crippen LogP contribution is -2.32. The lowest BCUT2D eigenvalue weighted by Gasteiger charge is -2.27. The molecule has 1 fully saturated rings. The van der Waals surface area contributed by atoms with Gasteiger partial charge in [-0.1, -0.05) is 6.92 Å². The molecule has 4 nitrogen and oxygen atoms in total. The van der Waals surface area contributed by atoms with Crippen LogP contribution in [0.15, 0.2) is 18.5 Å². The molecule has 2 heterocycles. The van der Waals surface area contributed by atoms with Crippen LogP contribution in [0.5, 0.6) is 0 Å². The molecule has 1 N–H and O–H groups in total. The molecule has 0 aliphatic heterocycles. The van der Waals surface area contributed by atoms with Crippen molar-refractivity contribution in [3.63, 3.8) is 0 Å².